The van der Waals surface area contributed by atoms with Gasteiger partial charge < -0.3 is 14.3 Å². The SMILES string of the molecule is COc1cc(C2c3c(oc4cc(C)c(C)cc4c3=O)C(=O)N2c2ccc(C)cn2)cc(Br)c1O. The van der Waals surface area contributed by atoms with E-state index < -0.39 is 11.9 Å². The molecule has 5 rings (SSSR count). The molecule has 0 fully saturated rings. The average Bonchev–Trinajstić information content (AvgIpc) is 3.10. The first-order chi connectivity index (χ1) is 16.2. The van der Waals surface area contributed by atoms with Crippen molar-refractivity contribution in [3.63, 3.8) is 0 Å². The van der Waals surface area contributed by atoms with Gasteiger partial charge in [-0.3, -0.25) is 14.5 Å². The normalized spacial score (nSPS) is 15.1. The van der Waals surface area contributed by atoms with Crippen LogP contribution in [0.4, 0.5) is 5.82 Å². The van der Waals surface area contributed by atoms with Gasteiger partial charge >= 0.3 is 0 Å². The van der Waals surface area contributed by atoms with E-state index in [1.54, 1.807) is 36.5 Å². The minimum absolute atomic E-state index is 0.0173. The highest BCUT2D eigenvalue weighted by atomic mass is 79.9. The van der Waals surface area contributed by atoms with E-state index in [-0.39, 0.29) is 28.3 Å². The van der Waals surface area contributed by atoms with Gasteiger partial charge in [-0.2, -0.15) is 0 Å². The van der Waals surface area contributed by atoms with Crippen molar-refractivity contribution in [2.45, 2.75) is 26.8 Å². The third-order valence-corrected chi connectivity index (χ3v) is 6.82. The topological polar surface area (TPSA) is 92.9 Å². The van der Waals surface area contributed by atoms with E-state index in [0.29, 0.717) is 26.8 Å². The van der Waals surface area contributed by atoms with Crippen LogP contribution in [0, 0.1) is 20.8 Å². The Labute approximate surface area is 203 Å². The zero-order valence-corrected chi connectivity index (χ0v) is 20.6. The number of aryl methyl sites for hydroxylation is 3. The molecular weight excluding hydrogens is 500 g/mol. The molecule has 0 aliphatic carbocycles. The number of rotatable bonds is 3. The minimum atomic E-state index is -0.828. The fraction of sp³-hybridized carbons (Fsp3) is 0.192. The first-order valence-corrected chi connectivity index (χ1v) is 11.4. The van der Waals surface area contributed by atoms with Crippen LogP contribution in [0.25, 0.3) is 11.0 Å². The Morgan fingerprint density at radius 1 is 1.09 bits per heavy atom. The summed E-state index contributed by atoms with van der Waals surface area (Å²) in [5.41, 5.74) is 3.71. The molecule has 0 bridgehead atoms. The number of hydrogen-bond acceptors (Lipinski definition) is 6. The van der Waals surface area contributed by atoms with Gasteiger partial charge in [0, 0.05) is 6.20 Å². The maximum Gasteiger partial charge on any atom is 0.296 e. The lowest BCUT2D eigenvalue weighted by Gasteiger charge is -2.25. The first kappa shape index (κ1) is 22.2. The largest absolute Gasteiger partial charge is 0.503 e. The summed E-state index contributed by atoms with van der Waals surface area (Å²) < 4.78 is 11.8. The highest BCUT2D eigenvalue weighted by Crippen LogP contribution is 2.44. The number of amides is 1. The lowest BCUT2D eigenvalue weighted by Crippen LogP contribution is -2.30. The molecule has 172 valence electrons. The number of methoxy groups -OCH3 is 1. The molecule has 1 atom stereocenters. The molecule has 1 aliphatic heterocycles. The quantitative estimate of drug-likeness (QED) is 0.391. The average molecular weight is 521 g/mol. The lowest BCUT2D eigenvalue weighted by atomic mass is 9.97. The Hall–Kier alpha value is -3.65. The lowest BCUT2D eigenvalue weighted by molar-refractivity contribution is 0.0970. The Kier molecular flexibility index (Phi) is 5.20. The van der Waals surface area contributed by atoms with Crippen molar-refractivity contribution in [3.05, 3.63) is 90.9 Å². The number of aromatic nitrogens is 1. The molecule has 2 aromatic heterocycles. The maximum atomic E-state index is 13.8. The number of phenolic OH excluding ortho intramolecular Hbond substituents is 1. The summed E-state index contributed by atoms with van der Waals surface area (Å²) in [6, 6.07) is 9.60. The monoisotopic (exact) mass is 520 g/mol. The van der Waals surface area contributed by atoms with Crippen molar-refractivity contribution >= 4 is 38.6 Å². The van der Waals surface area contributed by atoms with Gasteiger partial charge in [0.1, 0.15) is 11.4 Å². The molecule has 1 amide bonds. The number of aromatic hydroxyl groups is 1. The Morgan fingerprint density at radius 3 is 2.50 bits per heavy atom. The van der Waals surface area contributed by atoms with Crippen LogP contribution in [0.2, 0.25) is 0 Å². The number of nitrogens with zero attached hydrogens (tertiary/aromatic N) is 2. The third-order valence-electron chi connectivity index (χ3n) is 6.22. The van der Waals surface area contributed by atoms with E-state index in [2.05, 4.69) is 20.9 Å². The molecule has 0 saturated heterocycles. The molecule has 2 aromatic carbocycles. The van der Waals surface area contributed by atoms with Crippen molar-refractivity contribution in [2.75, 3.05) is 12.0 Å². The molecule has 8 heteroatoms. The van der Waals surface area contributed by atoms with Crippen LogP contribution in [-0.2, 0) is 0 Å². The minimum Gasteiger partial charge on any atom is -0.503 e. The van der Waals surface area contributed by atoms with Crippen LogP contribution < -0.4 is 15.1 Å². The number of halogens is 1. The van der Waals surface area contributed by atoms with Crippen LogP contribution in [0.15, 0.2) is 56.3 Å². The van der Waals surface area contributed by atoms with Gasteiger partial charge in [0.15, 0.2) is 16.9 Å². The predicted molar refractivity (Wildman–Crippen MR) is 132 cm³/mol. The maximum absolute atomic E-state index is 13.8. The van der Waals surface area contributed by atoms with E-state index in [1.165, 1.54) is 12.0 Å². The molecule has 1 aliphatic rings. The molecule has 0 saturated carbocycles. The number of hydrogen-bond donors (Lipinski definition) is 1. The molecule has 3 heterocycles. The number of phenols is 1. The van der Waals surface area contributed by atoms with Gasteiger partial charge in [0.05, 0.1) is 28.6 Å². The molecule has 1 unspecified atom stereocenters. The fourth-order valence-corrected chi connectivity index (χ4v) is 4.75. The molecule has 7 nitrogen and oxygen atoms in total. The van der Waals surface area contributed by atoms with Crippen LogP contribution in [0.5, 0.6) is 11.5 Å². The third kappa shape index (κ3) is 3.28. The Balaban J connectivity index is 1.85. The van der Waals surface area contributed by atoms with Gasteiger partial charge in [-0.1, -0.05) is 6.07 Å². The van der Waals surface area contributed by atoms with E-state index >= 15 is 0 Å². The Morgan fingerprint density at radius 2 is 1.82 bits per heavy atom. The molecule has 0 spiro atoms. The van der Waals surface area contributed by atoms with E-state index in [1.807, 2.05) is 26.8 Å². The first-order valence-electron chi connectivity index (χ1n) is 10.6. The van der Waals surface area contributed by atoms with Crippen LogP contribution in [-0.4, -0.2) is 23.1 Å². The standard InChI is InChI=1S/C26H21BrN2O5/c1-12-5-6-20(28-11-12)29-22(15-9-17(27)24(31)19(10-15)33-4)21-23(30)16-7-13(2)14(3)8-18(16)34-25(21)26(29)32/h5-11,22,31H,1-4H3. The van der Waals surface area contributed by atoms with Gasteiger partial charge in [-0.05, 0) is 89.3 Å². The number of ether oxygens (including phenoxy) is 1. The van der Waals surface area contributed by atoms with Crippen molar-refractivity contribution in [3.8, 4) is 11.5 Å². The summed E-state index contributed by atoms with van der Waals surface area (Å²) in [7, 11) is 1.44. The van der Waals surface area contributed by atoms with E-state index in [9.17, 15) is 14.7 Å². The molecule has 4 aromatic rings. The van der Waals surface area contributed by atoms with Crippen molar-refractivity contribution < 1.29 is 19.1 Å². The number of fused-ring (bicyclic) bond motifs is 2. The second kappa shape index (κ2) is 7.99. The summed E-state index contributed by atoms with van der Waals surface area (Å²) in [6.45, 7) is 5.75. The van der Waals surface area contributed by atoms with E-state index in [4.69, 9.17) is 9.15 Å². The Bertz CT molecular complexity index is 1540. The number of anilines is 1. The van der Waals surface area contributed by atoms with E-state index in [0.717, 1.165) is 16.7 Å². The van der Waals surface area contributed by atoms with Gasteiger partial charge in [0.2, 0.25) is 5.76 Å². The number of carbonyl (C=O) groups is 1. The van der Waals surface area contributed by atoms with Crippen LogP contribution in [0.3, 0.4) is 0 Å². The van der Waals surface area contributed by atoms with Gasteiger partial charge in [0.25, 0.3) is 5.91 Å². The summed E-state index contributed by atoms with van der Waals surface area (Å²) in [5.74, 6) is 0.0326. The van der Waals surface area contributed by atoms with Gasteiger partial charge in [-0.25, -0.2) is 4.98 Å². The number of carbonyl (C=O) groups excluding carboxylic acids is 1. The summed E-state index contributed by atoms with van der Waals surface area (Å²) in [6.07, 6.45) is 1.66. The highest BCUT2D eigenvalue weighted by Gasteiger charge is 2.44. The smallest absolute Gasteiger partial charge is 0.296 e. The van der Waals surface area contributed by atoms with Crippen molar-refractivity contribution in [1.29, 1.82) is 0 Å². The van der Waals surface area contributed by atoms with Crippen molar-refractivity contribution in [1.82, 2.24) is 4.98 Å². The molecule has 1 N–H and O–H groups in total. The zero-order valence-electron chi connectivity index (χ0n) is 19.0. The second-order valence-corrected chi connectivity index (χ2v) is 9.29. The summed E-state index contributed by atoms with van der Waals surface area (Å²) in [5, 5.41) is 10.7. The molecule has 0 radical (unpaired) electrons. The summed E-state index contributed by atoms with van der Waals surface area (Å²) in [4.78, 5) is 33.4. The number of pyridine rings is 1. The summed E-state index contributed by atoms with van der Waals surface area (Å²) >= 11 is 3.35. The molecular formula is C26H21BrN2O5. The van der Waals surface area contributed by atoms with Crippen LogP contribution in [0.1, 0.15) is 44.4 Å². The van der Waals surface area contributed by atoms with Gasteiger partial charge in [-0.15, -0.1) is 0 Å². The zero-order chi connectivity index (χ0) is 24.3. The molecule has 34 heavy (non-hydrogen) atoms. The van der Waals surface area contributed by atoms with Crippen LogP contribution >= 0.6 is 15.9 Å². The highest BCUT2D eigenvalue weighted by molar-refractivity contribution is 9.10. The van der Waals surface area contributed by atoms with Crippen molar-refractivity contribution in [2.24, 2.45) is 0 Å². The fourth-order valence-electron chi connectivity index (χ4n) is 4.29. The predicted octanol–water partition coefficient (Wildman–Crippen LogP) is 5.34. The number of benzene rings is 2. The second-order valence-electron chi connectivity index (χ2n) is 8.43.